The minimum atomic E-state index is 0.116. The van der Waals surface area contributed by atoms with E-state index < -0.39 is 0 Å². The predicted octanol–water partition coefficient (Wildman–Crippen LogP) is -0.425. The summed E-state index contributed by atoms with van der Waals surface area (Å²) < 4.78 is 0. The molecule has 2 aliphatic heterocycles. The molecule has 0 unspecified atom stereocenters. The minimum absolute atomic E-state index is 0.116. The van der Waals surface area contributed by atoms with Crippen LogP contribution in [0.15, 0.2) is 0 Å². The zero-order valence-corrected chi connectivity index (χ0v) is 5.85. The molecule has 2 aliphatic rings. The van der Waals surface area contributed by atoms with E-state index >= 15 is 0 Å². The Bertz CT molecular complexity index is 115. The second-order valence-corrected chi connectivity index (χ2v) is 2.98. The van der Waals surface area contributed by atoms with Crippen LogP contribution < -0.4 is 10.8 Å². The highest BCUT2D eigenvalue weighted by atomic mass is 17.3. The lowest BCUT2D eigenvalue weighted by atomic mass is 9.91. The van der Waals surface area contributed by atoms with Crippen LogP contribution in [0.4, 0.5) is 0 Å². The van der Waals surface area contributed by atoms with E-state index in [-0.39, 0.29) is 5.54 Å². The molecule has 0 aromatic rings. The zero-order valence-electron chi connectivity index (χ0n) is 5.85. The smallest absolute Gasteiger partial charge is 0.105 e. The van der Waals surface area contributed by atoms with E-state index in [0.29, 0.717) is 6.61 Å². The number of hydroxylamine groups is 1. The molecule has 0 radical (unpaired) electrons. The van der Waals surface area contributed by atoms with Gasteiger partial charge in [-0.1, -0.05) is 0 Å². The molecule has 0 aliphatic carbocycles. The summed E-state index contributed by atoms with van der Waals surface area (Å²) in [6.07, 6.45) is 2.18. The molecule has 58 valence electrons. The van der Waals surface area contributed by atoms with Crippen molar-refractivity contribution >= 4 is 0 Å². The Morgan fingerprint density at radius 2 is 2.00 bits per heavy atom. The number of hydrogen-bond acceptors (Lipinski definition) is 4. The lowest BCUT2D eigenvalue weighted by Gasteiger charge is -2.29. The fraction of sp³-hybridized carbons (Fsp3) is 1.00. The van der Waals surface area contributed by atoms with E-state index in [1.165, 1.54) is 0 Å². The normalized spacial score (nSPS) is 31.2. The van der Waals surface area contributed by atoms with E-state index in [1.54, 1.807) is 0 Å². The molecule has 2 fully saturated rings. The average Bonchev–Trinajstić information content (AvgIpc) is 2.39. The lowest BCUT2D eigenvalue weighted by Crippen LogP contribution is -2.50. The first-order chi connectivity index (χ1) is 4.91. The third kappa shape index (κ3) is 1.03. The van der Waals surface area contributed by atoms with Crippen LogP contribution in [-0.4, -0.2) is 25.2 Å². The Morgan fingerprint density at radius 3 is 2.60 bits per heavy atom. The molecule has 2 heterocycles. The lowest BCUT2D eigenvalue weighted by molar-refractivity contribution is -0.286. The van der Waals surface area contributed by atoms with Gasteiger partial charge >= 0.3 is 0 Å². The molecule has 0 aromatic heterocycles. The fourth-order valence-electron chi connectivity index (χ4n) is 1.44. The van der Waals surface area contributed by atoms with Crippen molar-refractivity contribution < 1.29 is 9.88 Å². The van der Waals surface area contributed by atoms with Crippen LogP contribution in [0, 0.1) is 0 Å². The standard InChI is InChI=1S/C6H12N2O2/c1-3-7-4-2-6(1)5-9-10-8-6/h7-8H,1-5H2. The molecule has 2 rings (SSSR count). The first-order valence-electron chi connectivity index (χ1n) is 3.68. The van der Waals surface area contributed by atoms with Crippen LogP contribution in [0.25, 0.3) is 0 Å². The molecular weight excluding hydrogens is 132 g/mol. The van der Waals surface area contributed by atoms with Crippen molar-refractivity contribution in [2.75, 3.05) is 19.7 Å². The van der Waals surface area contributed by atoms with E-state index in [1.807, 2.05) is 0 Å². The Morgan fingerprint density at radius 1 is 1.20 bits per heavy atom. The summed E-state index contributed by atoms with van der Waals surface area (Å²) in [6, 6.07) is 0. The maximum atomic E-state index is 4.80. The van der Waals surface area contributed by atoms with Crippen molar-refractivity contribution in [2.24, 2.45) is 0 Å². The second kappa shape index (κ2) is 2.47. The van der Waals surface area contributed by atoms with Gasteiger partial charge in [0.1, 0.15) is 6.61 Å². The summed E-state index contributed by atoms with van der Waals surface area (Å²) in [5, 5.41) is 3.28. The monoisotopic (exact) mass is 144 g/mol. The fourth-order valence-corrected chi connectivity index (χ4v) is 1.44. The third-order valence-electron chi connectivity index (χ3n) is 2.21. The number of nitrogens with one attached hydrogen (secondary N) is 2. The van der Waals surface area contributed by atoms with Crippen LogP contribution in [0.5, 0.6) is 0 Å². The van der Waals surface area contributed by atoms with Crippen LogP contribution in [-0.2, 0) is 9.88 Å². The molecule has 0 bridgehead atoms. The Labute approximate surface area is 59.8 Å². The molecule has 1 spiro atoms. The van der Waals surface area contributed by atoms with Crippen molar-refractivity contribution in [1.29, 1.82) is 0 Å². The summed E-state index contributed by atoms with van der Waals surface area (Å²) in [4.78, 5) is 9.46. The highest BCUT2D eigenvalue weighted by Crippen LogP contribution is 2.22. The third-order valence-corrected chi connectivity index (χ3v) is 2.21. The van der Waals surface area contributed by atoms with Gasteiger partial charge in [0, 0.05) is 0 Å². The topological polar surface area (TPSA) is 42.5 Å². The van der Waals surface area contributed by atoms with Crippen molar-refractivity contribution in [3.8, 4) is 0 Å². The van der Waals surface area contributed by atoms with Crippen LogP contribution >= 0.6 is 0 Å². The molecular formula is C6H12N2O2. The van der Waals surface area contributed by atoms with Gasteiger partial charge in [-0.15, -0.1) is 4.99 Å². The first kappa shape index (κ1) is 6.54. The number of rotatable bonds is 0. The van der Waals surface area contributed by atoms with Crippen LogP contribution in [0.3, 0.4) is 0 Å². The van der Waals surface area contributed by atoms with Crippen molar-refractivity contribution in [3.63, 3.8) is 0 Å². The molecule has 4 heteroatoms. The van der Waals surface area contributed by atoms with Gasteiger partial charge in [-0.05, 0) is 25.9 Å². The maximum absolute atomic E-state index is 4.80. The average molecular weight is 144 g/mol. The SMILES string of the molecule is C1CC2(CCN1)COON2. The van der Waals surface area contributed by atoms with Gasteiger partial charge in [-0.2, -0.15) is 5.48 Å². The molecule has 4 nitrogen and oxygen atoms in total. The highest BCUT2D eigenvalue weighted by molar-refractivity contribution is 4.90. The van der Waals surface area contributed by atoms with Crippen molar-refractivity contribution in [1.82, 2.24) is 10.8 Å². The van der Waals surface area contributed by atoms with Crippen molar-refractivity contribution in [3.05, 3.63) is 0 Å². The first-order valence-corrected chi connectivity index (χ1v) is 3.68. The zero-order chi connectivity index (χ0) is 6.86. The maximum Gasteiger partial charge on any atom is 0.105 e. The Hall–Kier alpha value is -0.160. The summed E-state index contributed by atoms with van der Waals surface area (Å²) >= 11 is 0. The second-order valence-electron chi connectivity index (χ2n) is 2.98. The molecule has 0 saturated carbocycles. The van der Waals surface area contributed by atoms with Gasteiger partial charge in [0.05, 0.1) is 5.54 Å². The Balaban J connectivity index is 1.98. The molecule has 2 saturated heterocycles. The van der Waals surface area contributed by atoms with Crippen molar-refractivity contribution in [2.45, 2.75) is 18.4 Å². The summed E-state index contributed by atoms with van der Waals surface area (Å²) in [7, 11) is 0. The summed E-state index contributed by atoms with van der Waals surface area (Å²) in [5.74, 6) is 0. The van der Waals surface area contributed by atoms with Gasteiger partial charge in [-0.3, -0.25) is 0 Å². The summed E-state index contributed by atoms with van der Waals surface area (Å²) in [5.41, 5.74) is 3.03. The van der Waals surface area contributed by atoms with Gasteiger partial charge in [0.2, 0.25) is 0 Å². The highest BCUT2D eigenvalue weighted by Gasteiger charge is 2.37. The van der Waals surface area contributed by atoms with Crippen LogP contribution in [0.2, 0.25) is 0 Å². The van der Waals surface area contributed by atoms with Gasteiger partial charge in [0.25, 0.3) is 0 Å². The van der Waals surface area contributed by atoms with E-state index in [9.17, 15) is 0 Å². The molecule has 0 amide bonds. The summed E-state index contributed by atoms with van der Waals surface area (Å²) in [6.45, 7) is 2.80. The minimum Gasteiger partial charge on any atom is -0.317 e. The molecule has 0 atom stereocenters. The van der Waals surface area contributed by atoms with Crippen LogP contribution in [0.1, 0.15) is 12.8 Å². The van der Waals surface area contributed by atoms with Gasteiger partial charge in [0.15, 0.2) is 0 Å². The predicted molar refractivity (Wildman–Crippen MR) is 35.0 cm³/mol. The molecule has 0 aromatic carbocycles. The largest absolute Gasteiger partial charge is 0.317 e. The van der Waals surface area contributed by atoms with Gasteiger partial charge < -0.3 is 5.32 Å². The quantitative estimate of drug-likeness (QED) is 0.453. The van der Waals surface area contributed by atoms with Gasteiger partial charge in [-0.25, -0.2) is 4.89 Å². The van der Waals surface area contributed by atoms with E-state index in [4.69, 9.17) is 4.89 Å². The van der Waals surface area contributed by atoms with E-state index in [2.05, 4.69) is 15.8 Å². The van der Waals surface area contributed by atoms with E-state index in [0.717, 1.165) is 25.9 Å². The number of piperidine rings is 1. The number of hydrogen-bond donors (Lipinski definition) is 2. The molecule has 10 heavy (non-hydrogen) atoms. The molecule has 2 N–H and O–H groups in total. The Kier molecular flexibility index (Phi) is 1.61.